The quantitative estimate of drug-likeness (QED) is 0.592. The third-order valence-electron chi connectivity index (χ3n) is 1.17. The third kappa shape index (κ3) is 1.41. The van der Waals surface area contributed by atoms with Gasteiger partial charge in [0.25, 0.3) is 0 Å². The van der Waals surface area contributed by atoms with Gasteiger partial charge in [0.05, 0.1) is 15.6 Å². The summed E-state index contributed by atoms with van der Waals surface area (Å²) in [5.74, 6) is -0.0422. The summed E-state index contributed by atoms with van der Waals surface area (Å²) in [6.45, 7) is 0. The molecule has 3 nitrogen and oxygen atoms in total. The molecule has 11 heavy (non-hydrogen) atoms. The Labute approximate surface area is 72.9 Å². The van der Waals surface area contributed by atoms with Crippen LogP contribution in [-0.2, 0) is 0 Å². The molecule has 0 aliphatic carbocycles. The van der Waals surface area contributed by atoms with Crippen molar-refractivity contribution >= 4 is 34.4 Å². The highest BCUT2D eigenvalue weighted by Gasteiger charge is 2.09. The normalized spacial score (nSPS) is 11.9. The molecule has 0 unspecified atom stereocenters. The third-order valence-corrected chi connectivity index (χ3v) is 2.63. The molecule has 0 radical (unpaired) electrons. The summed E-state index contributed by atoms with van der Waals surface area (Å²) in [6.07, 6.45) is 1.08. The fourth-order valence-corrected chi connectivity index (χ4v) is 1.68. The number of halogens is 1. The fraction of sp³-hybridized carbons (Fsp3) is 0. The van der Waals surface area contributed by atoms with Crippen molar-refractivity contribution in [2.75, 3.05) is 5.73 Å². The molecule has 0 spiro atoms. The first-order valence-corrected chi connectivity index (χ1v) is 4.06. The van der Waals surface area contributed by atoms with Crippen molar-refractivity contribution in [1.82, 2.24) is 0 Å². The van der Waals surface area contributed by atoms with Gasteiger partial charge in [0.1, 0.15) is 5.76 Å². The molecular weight excluding hydrogens is 184 g/mol. The highest BCUT2D eigenvalue weighted by atomic mass is 35.5. The van der Waals surface area contributed by atoms with Gasteiger partial charge in [0, 0.05) is 11.6 Å². The van der Waals surface area contributed by atoms with Crippen LogP contribution in [0.3, 0.4) is 0 Å². The second-order valence-corrected chi connectivity index (χ2v) is 3.17. The Morgan fingerprint density at radius 3 is 2.73 bits per heavy atom. The first kappa shape index (κ1) is 8.23. The van der Waals surface area contributed by atoms with E-state index in [1.165, 1.54) is 11.3 Å². The molecule has 0 fully saturated rings. The highest BCUT2D eigenvalue weighted by Crippen LogP contribution is 2.33. The van der Waals surface area contributed by atoms with Crippen LogP contribution in [0.1, 0.15) is 4.88 Å². The van der Waals surface area contributed by atoms with Crippen molar-refractivity contribution in [1.29, 1.82) is 0 Å². The second kappa shape index (κ2) is 3.02. The van der Waals surface area contributed by atoms with Crippen LogP contribution in [0.15, 0.2) is 11.6 Å². The van der Waals surface area contributed by atoms with Crippen LogP contribution in [0.4, 0.5) is 5.69 Å². The minimum absolute atomic E-state index is 0.0422. The number of thiophene rings is 1. The molecule has 1 heterocycles. The van der Waals surface area contributed by atoms with Gasteiger partial charge in [-0.3, -0.25) is 0 Å². The van der Waals surface area contributed by atoms with Crippen LogP contribution in [0, 0.1) is 0 Å². The van der Waals surface area contributed by atoms with E-state index >= 15 is 0 Å². The van der Waals surface area contributed by atoms with Gasteiger partial charge in [-0.15, -0.1) is 11.3 Å². The Hall–Kier alpha value is -0.870. The maximum absolute atomic E-state index is 9.13. The molecule has 0 aliphatic rings. The maximum atomic E-state index is 9.13. The molecule has 0 saturated carbocycles. The van der Waals surface area contributed by atoms with E-state index in [9.17, 15) is 0 Å². The van der Waals surface area contributed by atoms with Crippen molar-refractivity contribution in [3.63, 3.8) is 0 Å². The van der Waals surface area contributed by atoms with Crippen LogP contribution in [-0.4, -0.2) is 5.11 Å². The lowest BCUT2D eigenvalue weighted by molar-refractivity contribution is 0.513. The van der Waals surface area contributed by atoms with Crippen LogP contribution in [0.5, 0.6) is 0 Å². The van der Waals surface area contributed by atoms with E-state index in [-0.39, 0.29) is 5.76 Å². The molecule has 5 heteroatoms. The van der Waals surface area contributed by atoms with Crippen molar-refractivity contribution in [2.45, 2.75) is 0 Å². The number of hydrogen-bond acceptors (Lipinski definition) is 4. The largest absolute Gasteiger partial charge is 0.505 e. The van der Waals surface area contributed by atoms with E-state index in [4.69, 9.17) is 28.2 Å². The van der Waals surface area contributed by atoms with Gasteiger partial charge in [-0.1, -0.05) is 11.6 Å². The summed E-state index contributed by atoms with van der Waals surface area (Å²) >= 11 is 6.89. The van der Waals surface area contributed by atoms with E-state index in [1.54, 1.807) is 5.38 Å². The molecular formula is C6H7ClN2OS. The summed E-state index contributed by atoms with van der Waals surface area (Å²) in [5, 5.41) is 11.2. The van der Waals surface area contributed by atoms with Gasteiger partial charge in [-0.25, -0.2) is 0 Å². The molecule has 60 valence electrons. The van der Waals surface area contributed by atoms with Crippen molar-refractivity contribution in [2.24, 2.45) is 5.73 Å². The van der Waals surface area contributed by atoms with E-state index < -0.39 is 0 Å². The summed E-state index contributed by atoms with van der Waals surface area (Å²) in [7, 11) is 0. The summed E-state index contributed by atoms with van der Waals surface area (Å²) in [6, 6.07) is 0. The second-order valence-electron chi connectivity index (χ2n) is 1.88. The van der Waals surface area contributed by atoms with Gasteiger partial charge in [-0.05, 0) is 0 Å². The van der Waals surface area contributed by atoms with Gasteiger partial charge < -0.3 is 16.6 Å². The molecule has 1 rings (SSSR count). The Balaban J connectivity index is 3.15. The van der Waals surface area contributed by atoms with Crippen LogP contribution in [0.25, 0.3) is 5.76 Å². The zero-order chi connectivity index (χ0) is 8.43. The maximum Gasteiger partial charge on any atom is 0.150 e. The smallest absolute Gasteiger partial charge is 0.150 e. The Morgan fingerprint density at radius 2 is 2.36 bits per heavy atom. The zero-order valence-electron chi connectivity index (χ0n) is 5.54. The Kier molecular flexibility index (Phi) is 2.26. The van der Waals surface area contributed by atoms with E-state index in [0.717, 1.165) is 6.20 Å². The number of nitrogens with two attached hydrogens (primary N) is 2. The fourth-order valence-electron chi connectivity index (χ4n) is 0.620. The predicted octanol–water partition coefficient (Wildman–Crippen LogP) is 1.80. The Morgan fingerprint density at radius 1 is 1.73 bits per heavy atom. The van der Waals surface area contributed by atoms with Crippen LogP contribution >= 0.6 is 22.9 Å². The molecule has 1 aromatic rings. The van der Waals surface area contributed by atoms with Crippen LogP contribution < -0.4 is 11.5 Å². The first-order chi connectivity index (χ1) is 5.16. The SMILES string of the molecule is N/C=C(/O)c1scc(Cl)c1N. The number of rotatable bonds is 1. The number of nitrogen functional groups attached to an aromatic ring is 1. The molecule has 1 aromatic heterocycles. The molecule has 0 aromatic carbocycles. The molecule has 5 N–H and O–H groups in total. The molecule has 0 atom stereocenters. The monoisotopic (exact) mass is 190 g/mol. The van der Waals surface area contributed by atoms with Gasteiger partial charge in [0.2, 0.25) is 0 Å². The van der Waals surface area contributed by atoms with Crippen molar-refractivity contribution in [3.8, 4) is 0 Å². The number of hydrogen-bond donors (Lipinski definition) is 3. The average molecular weight is 191 g/mol. The minimum atomic E-state index is -0.0422. The van der Waals surface area contributed by atoms with Crippen molar-refractivity contribution < 1.29 is 5.11 Å². The number of aliphatic hydroxyl groups is 1. The van der Waals surface area contributed by atoms with Gasteiger partial charge in [-0.2, -0.15) is 0 Å². The highest BCUT2D eigenvalue weighted by molar-refractivity contribution is 7.12. The molecule has 0 bridgehead atoms. The molecule has 0 amide bonds. The topological polar surface area (TPSA) is 72.3 Å². The summed E-state index contributed by atoms with van der Waals surface area (Å²) in [4.78, 5) is 0.512. The lowest BCUT2D eigenvalue weighted by Gasteiger charge is -1.95. The number of aliphatic hydroxyl groups excluding tert-OH is 1. The van der Waals surface area contributed by atoms with Crippen molar-refractivity contribution in [3.05, 3.63) is 21.5 Å². The molecule has 0 aliphatic heterocycles. The lowest BCUT2D eigenvalue weighted by atomic mass is 10.3. The van der Waals surface area contributed by atoms with Gasteiger partial charge >= 0.3 is 0 Å². The predicted molar refractivity (Wildman–Crippen MR) is 48.5 cm³/mol. The van der Waals surface area contributed by atoms with Gasteiger partial charge in [0.15, 0.2) is 0 Å². The van der Waals surface area contributed by atoms with E-state index in [2.05, 4.69) is 0 Å². The number of anilines is 1. The lowest BCUT2D eigenvalue weighted by Crippen LogP contribution is -1.90. The van der Waals surface area contributed by atoms with Crippen LogP contribution in [0.2, 0.25) is 5.02 Å². The van der Waals surface area contributed by atoms with E-state index in [0.29, 0.717) is 15.6 Å². The minimum Gasteiger partial charge on any atom is -0.505 e. The Bertz CT molecular complexity index is 295. The summed E-state index contributed by atoms with van der Waals surface area (Å²) in [5.41, 5.74) is 11.0. The first-order valence-electron chi connectivity index (χ1n) is 2.80. The van der Waals surface area contributed by atoms with E-state index in [1.807, 2.05) is 0 Å². The molecule has 0 saturated heterocycles. The zero-order valence-corrected chi connectivity index (χ0v) is 7.12. The standard InChI is InChI=1S/C6H7ClN2OS/c7-3-2-11-6(5(3)9)4(10)1-8/h1-2,10H,8-9H2/b4-1+. The average Bonchev–Trinajstić information content (AvgIpc) is 2.32. The summed E-state index contributed by atoms with van der Waals surface area (Å²) < 4.78 is 0.